The number of carbonyl (C=O) groups excluding carboxylic acids is 1. The van der Waals surface area contributed by atoms with Crippen LogP contribution in [-0.2, 0) is 4.79 Å². The van der Waals surface area contributed by atoms with Gasteiger partial charge in [0.25, 0.3) is 0 Å². The van der Waals surface area contributed by atoms with Crippen LogP contribution in [0.15, 0.2) is 18.2 Å². The molecular formula is C13H15IN2O. The topological polar surface area (TPSA) is 52.9 Å². The van der Waals surface area contributed by atoms with Crippen molar-refractivity contribution in [1.29, 1.82) is 5.26 Å². The summed E-state index contributed by atoms with van der Waals surface area (Å²) in [5, 5.41) is 11.9. The van der Waals surface area contributed by atoms with Crippen molar-refractivity contribution < 1.29 is 4.79 Å². The number of amides is 1. The summed E-state index contributed by atoms with van der Waals surface area (Å²) in [5.74, 6) is -0.243. The van der Waals surface area contributed by atoms with Crippen molar-refractivity contribution in [3.05, 3.63) is 27.3 Å². The second kappa shape index (κ2) is 5.50. The van der Waals surface area contributed by atoms with Crippen molar-refractivity contribution >= 4 is 34.2 Å². The molecule has 0 bridgehead atoms. The quantitative estimate of drug-likeness (QED) is 0.855. The number of rotatable bonds is 3. The van der Waals surface area contributed by atoms with Crippen molar-refractivity contribution in [1.82, 2.24) is 0 Å². The molecule has 1 aromatic carbocycles. The van der Waals surface area contributed by atoms with Crippen LogP contribution in [0, 0.1) is 27.2 Å². The first-order chi connectivity index (χ1) is 7.94. The minimum absolute atomic E-state index is 0.243. The minimum atomic E-state index is -0.965. The Balaban J connectivity index is 2.97. The Kier molecular flexibility index (Phi) is 4.52. The maximum absolute atomic E-state index is 12.0. The lowest BCUT2D eigenvalue weighted by atomic mass is 9.88. The predicted octanol–water partition coefficient (Wildman–Crippen LogP) is 3.48. The van der Waals surface area contributed by atoms with Crippen LogP contribution in [0.25, 0.3) is 0 Å². The smallest absolute Gasteiger partial charge is 0.244 e. The van der Waals surface area contributed by atoms with Gasteiger partial charge in [-0.15, -0.1) is 0 Å². The van der Waals surface area contributed by atoms with E-state index in [2.05, 4.69) is 34.0 Å². The first kappa shape index (κ1) is 14.0. The number of benzene rings is 1. The third kappa shape index (κ3) is 2.97. The molecule has 0 radical (unpaired) electrons. The molecule has 0 saturated carbocycles. The van der Waals surface area contributed by atoms with Gasteiger partial charge in [-0.05, 0) is 60.6 Å². The van der Waals surface area contributed by atoms with Gasteiger partial charge in [0.2, 0.25) is 5.91 Å². The summed E-state index contributed by atoms with van der Waals surface area (Å²) in [6.45, 7) is 5.45. The van der Waals surface area contributed by atoms with E-state index in [1.807, 2.05) is 32.0 Å². The zero-order valence-electron chi connectivity index (χ0n) is 10.2. The summed E-state index contributed by atoms with van der Waals surface area (Å²) < 4.78 is 1.09. The van der Waals surface area contributed by atoms with Crippen LogP contribution in [0.3, 0.4) is 0 Å². The zero-order valence-corrected chi connectivity index (χ0v) is 12.3. The number of halogens is 1. The Morgan fingerprint density at radius 3 is 2.76 bits per heavy atom. The highest BCUT2D eigenvalue weighted by Gasteiger charge is 2.31. The third-order valence-electron chi connectivity index (χ3n) is 2.97. The van der Waals surface area contributed by atoms with Gasteiger partial charge in [-0.25, -0.2) is 0 Å². The Bertz CT molecular complexity index is 479. The Labute approximate surface area is 115 Å². The number of hydrogen-bond donors (Lipinski definition) is 1. The van der Waals surface area contributed by atoms with Gasteiger partial charge in [0.1, 0.15) is 5.41 Å². The molecule has 3 nitrogen and oxygen atoms in total. The standard InChI is InChI=1S/C13H15IN2O/c1-4-13(3,8-15)12(17)16-11-7-5-6-10(14)9(11)2/h5-7H,4H2,1-3H3,(H,16,17). The largest absolute Gasteiger partial charge is 0.324 e. The number of nitriles is 1. The van der Waals surface area contributed by atoms with Crippen molar-refractivity contribution in [3.63, 3.8) is 0 Å². The molecule has 0 aliphatic rings. The maximum Gasteiger partial charge on any atom is 0.244 e. The fourth-order valence-electron chi connectivity index (χ4n) is 1.29. The van der Waals surface area contributed by atoms with Gasteiger partial charge in [-0.1, -0.05) is 13.0 Å². The van der Waals surface area contributed by atoms with Crippen LogP contribution in [0.2, 0.25) is 0 Å². The van der Waals surface area contributed by atoms with E-state index in [1.165, 1.54) is 0 Å². The van der Waals surface area contributed by atoms with Gasteiger partial charge >= 0.3 is 0 Å². The molecule has 0 aromatic heterocycles. The van der Waals surface area contributed by atoms with Crippen LogP contribution >= 0.6 is 22.6 Å². The van der Waals surface area contributed by atoms with Crippen molar-refractivity contribution in [2.45, 2.75) is 27.2 Å². The molecule has 1 amide bonds. The second-order valence-electron chi connectivity index (χ2n) is 4.16. The van der Waals surface area contributed by atoms with Crippen molar-refractivity contribution in [2.24, 2.45) is 5.41 Å². The number of hydrogen-bond acceptors (Lipinski definition) is 2. The predicted molar refractivity (Wildman–Crippen MR) is 76.5 cm³/mol. The van der Waals surface area contributed by atoms with E-state index in [0.717, 1.165) is 14.8 Å². The highest BCUT2D eigenvalue weighted by atomic mass is 127. The molecule has 90 valence electrons. The highest BCUT2D eigenvalue weighted by molar-refractivity contribution is 14.1. The Morgan fingerprint density at radius 1 is 1.59 bits per heavy atom. The molecule has 1 unspecified atom stereocenters. The first-order valence-corrected chi connectivity index (χ1v) is 6.50. The van der Waals surface area contributed by atoms with Gasteiger partial charge in [-0.3, -0.25) is 4.79 Å². The van der Waals surface area contributed by atoms with Gasteiger partial charge in [0.05, 0.1) is 6.07 Å². The molecule has 0 spiro atoms. The molecule has 0 fully saturated rings. The molecule has 0 heterocycles. The molecule has 4 heteroatoms. The molecule has 0 aliphatic heterocycles. The van der Waals surface area contributed by atoms with Crippen molar-refractivity contribution in [3.8, 4) is 6.07 Å². The second-order valence-corrected chi connectivity index (χ2v) is 5.33. The molecule has 1 atom stereocenters. The highest BCUT2D eigenvalue weighted by Crippen LogP contribution is 2.25. The third-order valence-corrected chi connectivity index (χ3v) is 4.14. The SMILES string of the molecule is CCC(C)(C#N)C(=O)Nc1cccc(I)c1C. The van der Waals surface area contributed by atoms with Gasteiger partial charge < -0.3 is 5.32 Å². The van der Waals surface area contributed by atoms with Crippen LogP contribution < -0.4 is 5.32 Å². The molecule has 0 aliphatic carbocycles. The van der Waals surface area contributed by atoms with Crippen LogP contribution in [-0.4, -0.2) is 5.91 Å². The van der Waals surface area contributed by atoms with Crippen LogP contribution in [0.4, 0.5) is 5.69 Å². The van der Waals surface area contributed by atoms with Crippen molar-refractivity contribution in [2.75, 3.05) is 5.32 Å². The fraction of sp³-hybridized carbons (Fsp3) is 0.385. The lowest BCUT2D eigenvalue weighted by Crippen LogP contribution is -2.31. The molecule has 17 heavy (non-hydrogen) atoms. The number of anilines is 1. The normalized spacial score (nSPS) is 13.6. The summed E-state index contributed by atoms with van der Waals surface area (Å²) in [7, 11) is 0. The summed E-state index contributed by atoms with van der Waals surface area (Å²) in [6.07, 6.45) is 0.498. The van der Waals surface area contributed by atoms with E-state index >= 15 is 0 Å². The van der Waals surface area contributed by atoms with E-state index in [1.54, 1.807) is 6.92 Å². The van der Waals surface area contributed by atoms with Crippen LogP contribution in [0.1, 0.15) is 25.8 Å². The van der Waals surface area contributed by atoms with E-state index in [9.17, 15) is 4.79 Å². The summed E-state index contributed by atoms with van der Waals surface area (Å²) in [6, 6.07) is 7.79. The van der Waals surface area contributed by atoms with Gasteiger partial charge in [0, 0.05) is 9.26 Å². The zero-order chi connectivity index (χ0) is 13.1. The lowest BCUT2D eigenvalue weighted by molar-refractivity contribution is -0.122. The average molecular weight is 342 g/mol. The van der Waals surface area contributed by atoms with E-state index in [0.29, 0.717) is 6.42 Å². The lowest BCUT2D eigenvalue weighted by Gasteiger charge is -2.19. The molecular weight excluding hydrogens is 327 g/mol. The molecule has 1 rings (SSSR count). The van der Waals surface area contributed by atoms with E-state index in [4.69, 9.17) is 5.26 Å². The summed E-state index contributed by atoms with van der Waals surface area (Å²) >= 11 is 2.22. The minimum Gasteiger partial charge on any atom is -0.324 e. The summed E-state index contributed by atoms with van der Waals surface area (Å²) in [4.78, 5) is 12.0. The van der Waals surface area contributed by atoms with Gasteiger partial charge in [-0.2, -0.15) is 5.26 Å². The van der Waals surface area contributed by atoms with Gasteiger partial charge in [0.15, 0.2) is 0 Å². The number of nitrogens with zero attached hydrogens (tertiary/aromatic N) is 1. The van der Waals surface area contributed by atoms with Crippen LogP contribution in [0.5, 0.6) is 0 Å². The van der Waals surface area contributed by atoms with E-state index in [-0.39, 0.29) is 5.91 Å². The number of carbonyl (C=O) groups is 1. The average Bonchev–Trinajstić information content (AvgIpc) is 2.33. The first-order valence-electron chi connectivity index (χ1n) is 5.42. The van der Waals surface area contributed by atoms with E-state index < -0.39 is 5.41 Å². The molecule has 1 N–H and O–H groups in total. The maximum atomic E-state index is 12.0. The monoisotopic (exact) mass is 342 g/mol. The summed E-state index contributed by atoms with van der Waals surface area (Å²) in [5.41, 5.74) is 0.836. The molecule has 1 aromatic rings. The Hall–Kier alpha value is -1.09. The molecule has 0 saturated heterocycles. The Morgan fingerprint density at radius 2 is 2.24 bits per heavy atom. The number of nitrogens with one attached hydrogen (secondary N) is 1. The fourth-order valence-corrected chi connectivity index (χ4v) is 1.79.